The Morgan fingerprint density at radius 2 is 0.174 bits per heavy atom. The van der Waals surface area contributed by atoms with Crippen molar-refractivity contribution in [3.8, 4) is 0 Å². The first-order chi connectivity index (χ1) is 20.9. The van der Waals surface area contributed by atoms with Gasteiger partial charge in [0.05, 0.1) is 0 Å². The van der Waals surface area contributed by atoms with Crippen LogP contribution in [0.4, 0.5) is 0 Å². The molecule has 0 saturated heterocycles. The first kappa shape index (κ1) is 79.6. The van der Waals surface area contributed by atoms with E-state index in [1.54, 1.807) is 0 Å². The first-order valence-electron chi connectivity index (χ1n) is 6.43. The van der Waals surface area contributed by atoms with Crippen molar-refractivity contribution in [2.24, 2.45) is 0 Å². The topological polar surface area (TPSA) is 0 Å². The van der Waals surface area contributed by atoms with Crippen LogP contribution in [0.3, 0.4) is 0 Å². The van der Waals surface area contributed by atoms with Gasteiger partial charge in [0, 0.05) is 0 Å². The van der Waals surface area contributed by atoms with E-state index in [4.69, 9.17) is 0 Å². The summed E-state index contributed by atoms with van der Waals surface area (Å²) in [5, 5.41) is 0. The van der Waals surface area contributed by atoms with Gasteiger partial charge in [0.2, 0.25) is 0 Å². The molecule has 0 fully saturated rings. The standard InChI is InChI=1S/I46/c1-25(2)27(5)29(7)31(9)33(11)35(13)37(15)39(17)41(19)43(21)45(23)46(24)44(22)42(20)40(18)38(16)36(14)34(12)32(10)30(8)28(6)26(3)4. The predicted molar refractivity (Wildman–Crippen MR) is 645 cm³/mol. The Morgan fingerprint density at radius 1 is 0.109 bits per heavy atom. The van der Waals surface area contributed by atoms with Crippen LogP contribution in [0.15, 0.2) is 0 Å². The molecule has 0 unspecified atom stereocenters. The molecular weight excluding hydrogens is 5840 g/mol. The van der Waals surface area contributed by atoms with Gasteiger partial charge in [-0.05, 0) is 0 Å². The van der Waals surface area contributed by atoms with Crippen molar-refractivity contribution in [2.75, 3.05) is 0 Å². The van der Waals surface area contributed by atoms with Crippen LogP contribution in [0.5, 0.6) is 0 Å². The fraction of sp³-hybridized carbons (Fsp3) is 0. The molecule has 0 amide bonds. The molecule has 0 atom stereocenters. The average Bonchev–Trinajstić information content (AvgIpc) is 3.04. The summed E-state index contributed by atoms with van der Waals surface area (Å²) in [4.78, 5) is 0. The number of rotatable bonds is 21. The van der Waals surface area contributed by atoms with Gasteiger partial charge >= 0.3 is 620 Å². The maximum absolute atomic E-state index is 3.37. The van der Waals surface area contributed by atoms with E-state index in [1.165, 1.54) is 0 Å². The molecule has 0 heterocycles. The summed E-state index contributed by atoms with van der Waals surface area (Å²) in [5.41, 5.74) is 0. The monoisotopic (exact) mass is 5840 g/mol. The molecule has 322 valence electrons. The summed E-state index contributed by atoms with van der Waals surface area (Å²) in [6.45, 7) is 0. The fourth-order valence-corrected chi connectivity index (χ4v) is 8380. The summed E-state index contributed by atoms with van der Waals surface area (Å²) in [5.74, 6) is 0. The van der Waals surface area contributed by atoms with Gasteiger partial charge in [-0.3, -0.25) is 0 Å². The fourth-order valence-electron chi connectivity index (χ4n) is 0.617. The van der Waals surface area contributed by atoms with Crippen molar-refractivity contribution >= 4 is 620 Å². The average molecular weight is 5840 g/mol. The minimum absolute atomic E-state index is 0.459. The third kappa shape index (κ3) is 32.9. The van der Waals surface area contributed by atoms with Crippen LogP contribution in [-0.4, -0.2) is 0 Å². The SMILES string of the molecule is II(I)I(I)I(I)I(I)I(I)I(I)I(I)I(I)I(I)I(I)I(I)I(I)I(I)I(I)I(I)I(I)I(I)I(I)I(I)I(I)I(I)I(I)I. The Morgan fingerprint density at radius 3 is 0.239 bits per heavy atom. The molecule has 0 radical (unpaired) electrons. The summed E-state index contributed by atoms with van der Waals surface area (Å²) < 4.78 is 0. The normalized spacial score (nSPS) is 18.8. The van der Waals surface area contributed by atoms with E-state index in [2.05, 4.69) is 447 Å². The zero-order valence-corrected chi connectivity index (χ0v) is 117. The van der Waals surface area contributed by atoms with Crippen molar-refractivity contribution in [3.63, 3.8) is 0 Å². The van der Waals surface area contributed by atoms with Crippen LogP contribution >= 0.6 is 620 Å². The van der Waals surface area contributed by atoms with Gasteiger partial charge < -0.3 is 0 Å². The Labute approximate surface area is 584 Å². The second-order valence-corrected chi connectivity index (χ2v) is 1080. The zero-order chi connectivity index (χ0) is 36.7. The van der Waals surface area contributed by atoms with E-state index < -0.39 is 174 Å². The molecule has 0 aliphatic rings. The predicted octanol–water partition coefficient (Wildman–Crippen LogP) is 40.7. The van der Waals surface area contributed by atoms with E-state index >= 15 is 0 Å². The van der Waals surface area contributed by atoms with Crippen LogP contribution in [0.1, 0.15) is 0 Å². The Bertz CT molecular complexity index is 728. The third-order valence-corrected chi connectivity index (χ3v) is 3470. The Balaban J connectivity index is 5.51. The van der Waals surface area contributed by atoms with Crippen molar-refractivity contribution in [1.29, 1.82) is 0 Å². The van der Waals surface area contributed by atoms with Crippen LogP contribution in [0.2, 0.25) is 0 Å². The molecule has 0 aromatic heterocycles. The second-order valence-electron chi connectivity index (χ2n) is 3.56. The van der Waals surface area contributed by atoms with Gasteiger partial charge in [-0.1, -0.05) is 0 Å². The summed E-state index contributed by atoms with van der Waals surface area (Å²) in [6, 6.07) is 0. The van der Waals surface area contributed by atoms with E-state index in [0.29, 0.717) is 0 Å². The second kappa shape index (κ2) is 47.7. The molecule has 0 aromatic rings. The van der Waals surface area contributed by atoms with Crippen LogP contribution in [0, 0.1) is 0 Å². The molecule has 0 aliphatic heterocycles. The molecule has 0 bridgehead atoms. The number of halogens is 46. The van der Waals surface area contributed by atoms with Crippen molar-refractivity contribution in [1.82, 2.24) is 0 Å². The summed E-state index contributed by atoms with van der Waals surface area (Å²) >= 11 is 77.9. The van der Waals surface area contributed by atoms with Crippen LogP contribution in [-0.2, 0) is 0 Å². The molecule has 0 aliphatic carbocycles. The van der Waals surface area contributed by atoms with Crippen LogP contribution in [0.25, 0.3) is 0 Å². The number of hydrogen-bond donors (Lipinski definition) is 0. The van der Waals surface area contributed by atoms with Crippen molar-refractivity contribution in [2.45, 2.75) is 0 Å². The molecule has 46 heavy (non-hydrogen) atoms. The molecule has 0 saturated carbocycles. The van der Waals surface area contributed by atoms with E-state index in [-0.39, 0.29) is 0 Å². The quantitative estimate of drug-likeness (QED) is 0.101. The van der Waals surface area contributed by atoms with Gasteiger partial charge in [-0.25, -0.2) is 0 Å². The van der Waals surface area contributed by atoms with Gasteiger partial charge in [0.1, 0.15) is 0 Å². The molecule has 46 heteroatoms. The molecule has 0 spiro atoms. The number of hydrogen-bond acceptors (Lipinski definition) is 0. The maximum atomic E-state index is 3.37. The van der Waals surface area contributed by atoms with E-state index in [0.717, 1.165) is 0 Å². The van der Waals surface area contributed by atoms with Crippen molar-refractivity contribution < 1.29 is 0 Å². The molecule has 0 nitrogen and oxygen atoms in total. The van der Waals surface area contributed by atoms with Gasteiger partial charge in [-0.15, -0.1) is 0 Å². The first-order valence-corrected chi connectivity index (χ1v) is 289. The molecular formula is I46. The summed E-state index contributed by atoms with van der Waals surface area (Å²) in [6.07, 6.45) is 0. The van der Waals surface area contributed by atoms with E-state index in [9.17, 15) is 0 Å². The molecule has 0 N–H and O–H groups in total. The zero-order valence-electron chi connectivity index (χ0n) is 17.4. The van der Waals surface area contributed by atoms with Gasteiger partial charge in [0.25, 0.3) is 0 Å². The van der Waals surface area contributed by atoms with Gasteiger partial charge in [-0.2, -0.15) is 0 Å². The summed E-state index contributed by atoms with van der Waals surface area (Å²) in [7, 11) is -11.5. The van der Waals surface area contributed by atoms with Crippen molar-refractivity contribution in [3.05, 3.63) is 0 Å². The van der Waals surface area contributed by atoms with Gasteiger partial charge in [0.15, 0.2) is 0 Å². The molecule has 0 rings (SSSR count). The minimum atomic E-state index is -0.564. The molecule has 0 aromatic carbocycles. The third-order valence-electron chi connectivity index (χ3n) is 1.71. The van der Waals surface area contributed by atoms with Crippen LogP contribution < -0.4 is 0 Å². The Hall–Kier alpha value is 33.6. The Kier molecular flexibility index (Phi) is 82.5. The van der Waals surface area contributed by atoms with E-state index in [1.807, 2.05) is 0 Å².